The van der Waals surface area contributed by atoms with Gasteiger partial charge in [-0.15, -0.1) is 0 Å². The highest BCUT2D eigenvalue weighted by Gasteiger charge is 2.70. The maximum atomic E-state index is 13.6. The Balaban J connectivity index is 1.14. The number of hydrogen-bond donors (Lipinski definition) is 0. The van der Waals surface area contributed by atoms with Crippen molar-refractivity contribution in [1.82, 2.24) is 4.31 Å². The summed E-state index contributed by atoms with van der Waals surface area (Å²) >= 11 is 0. The first kappa shape index (κ1) is 18.3. The lowest BCUT2D eigenvalue weighted by Crippen LogP contribution is -2.30. The molecule has 1 heterocycles. The highest BCUT2D eigenvalue weighted by Crippen LogP contribution is 2.75. The van der Waals surface area contributed by atoms with Crippen molar-refractivity contribution in [2.45, 2.75) is 50.3 Å². The van der Waals surface area contributed by atoms with Crippen molar-refractivity contribution in [1.29, 1.82) is 0 Å². The predicted molar refractivity (Wildman–Crippen MR) is 120 cm³/mol. The Kier molecular flexibility index (Phi) is 3.46. The second-order valence-corrected chi connectivity index (χ2v) is 14.1. The van der Waals surface area contributed by atoms with Crippen LogP contribution in [0.2, 0.25) is 0 Å². The third kappa shape index (κ3) is 2.32. The van der Waals surface area contributed by atoms with E-state index in [0.29, 0.717) is 18.0 Å². The van der Waals surface area contributed by atoms with Gasteiger partial charge in [0.05, 0.1) is 4.90 Å². The van der Waals surface area contributed by atoms with Crippen LogP contribution >= 0.6 is 0 Å². The molecule has 0 radical (unpaired) electrons. The minimum absolute atomic E-state index is 0.478. The van der Waals surface area contributed by atoms with Gasteiger partial charge >= 0.3 is 0 Å². The number of benzene rings is 1. The van der Waals surface area contributed by atoms with E-state index in [-0.39, 0.29) is 0 Å². The molecule has 1 aromatic rings. The molecule has 0 N–H and O–H groups in total. The molecule has 0 aromatic heterocycles. The van der Waals surface area contributed by atoms with Gasteiger partial charge in [0.2, 0.25) is 10.0 Å². The van der Waals surface area contributed by atoms with E-state index in [2.05, 4.69) is 0 Å². The average molecular weight is 436 g/mol. The molecule has 0 amide bonds. The van der Waals surface area contributed by atoms with Gasteiger partial charge in [-0.1, -0.05) is 28.8 Å². The summed E-state index contributed by atoms with van der Waals surface area (Å²) in [6.07, 6.45) is 8.70. The number of sulfonamides is 1. The molecule has 10 atom stereocenters. The second-order valence-electron chi connectivity index (χ2n) is 12.2. The molecule has 0 spiro atoms. The van der Waals surface area contributed by atoms with Crippen LogP contribution in [-0.2, 0) is 10.0 Å². The molecule has 164 valence electrons. The molecular formula is C27H33NO2S. The van der Waals surface area contributed by atoms with E-state index in [1.165, 1.54) is 38.5 Å². The van der Waals surface area contributed by atoms with Crippen LogP contribution in [0.15, 0.2) is 40.3 Å². The van der Waals surface area contributed by atoms with Gasteiger partial charge in [-0.3, -0.25) is 0 Å². The van der Waals surface area contributed by atoms with E-state index >= 15 is 0 Å². The molecule has 6 aliphatic carbocycles. The smallest absolute Gasteiger partial charge is 0.207 e. The zero-order valence-corrected chi connectivity index (χ0v) is 19.2. The molecular weight excluding hydrogens is 402 g/mol. The lowest BCUT2D eigenvalue weighted by atomic mass is 9.90. The number of rotatable bonds is 4. The van der Waals surface area contributed by atoms with Crippen LogP contribution in [-0.4, -0.2) is 25.8 Å². The van der Waals surface area contributed by atoms with Gasteiger partial charge in [-0.05, 0) is 117 Å². The lowest BCUT2D eigenvalue weighted by Gasteiger charge is -2.18. The highest BCUT2D eigenvalue weighted by molar-refractivity contribution is 7.89. The van der Waals surface area contributed by atoms with Gasteiger partial charge in [-0.25, -0.2) is 8.42 Å². The van der Waals surface area contributed by atoms with Gasteiger partial charge in [0, 0.05) is 13.1 Å². The summed E-state index contributed by atoms with van der Waals surface area (Å²) in [6.45, 7) is 3.40. The molecule has 1 aliphatic heterocycles. The summed E-state index contributed by atoms with van der Waals surface area (Å²) in [5.41, 5.74) is 4.34. The first-order valence-electron chi connectivity index (χ1n) is 12.8. The van der Waals surface area contributed by atoms with Crippen molar-refractivity contribution in [3.63, 3.8) is 0 Å². The molecule has 4 heteroatoms. The molecule has 7 aliphatic rings. The minimum atomic E-state index is -3.41. The monoisotopic (exact) mass is 435 g/mol. The fourth-order valence-electron chi connectivity index (χ4n) is 9.89. The maximum absolute atomic E-state index is 13.6. The van der Waals surface area contributed by atoms with Gasteiger partial charge in [0.25, 0.3) is 0 Å². The quantitative estimate of drug-likeness (QED) is 0.632. The summed E-state index contributed by atoms with van der Waals surface area (Å²) < 4.78 is 29.1. The molecule has 0 saturated heterocycles. The van der Waals surface area contributed by atoms with Crippen LogP contribution in [0, 0.1) is 66.1 Å². The van der Waals surface area contributed by atoms with Gasteiger partial charge in [0.15, 0.2) is 0 Å². The Hall–Kier alpha value is -1.13. The number of hydrogen-bond acceptors (Lipinski definition) is 2. The molecule has 2 unspecified atom stereocenters. The second kappa shape index (κ2) is 5.86. The summed E-state index contributed by atoms with van der Waals surface area (Å²) in [4.78, 5) is 0.478. The van der Waals surface area contributed by atoms with Crippen LogP contribution in [0.5, 0.6) is 0 Å². The normalized spacial score (nSPS) is 49.1. The van der Waals surface area contributed by atoms with Gasteiger partial charge in [0.1, 0.15) is 0 Å². The lowest BCUT2D eigenvalue weighted by molar-refractivity contribution is 0.454. The van der Waals surface area contributed by atoms with Crippen molar-refractivity contribution in [2.24, 2.45) is 59.2 Å². The third-order valence-corrected chi connectivity index (χ3v) is 12.8. The first-order valence-corrected chi connectivity index (χ1v) is 14.2. The van der Waals surface area contributed by atoms with E-state index < -0.39 is 10.0 Å². The van der Waals surface area contributed by atoms with Gasteiger partial charge in [-0.2, -0.15) is 4.31 Å². The number of nitrogens with zero attached hydrogens (tertiary/aromatic N) is 1. The molecule has 31 heavy (non-hydrogen) atoms. The average Bonchev–Trinajstić information content (AvgIpc) is 3.25. The molecule has 3 nitrogen and oxygen atoms in total. The van der Waals surface area contributed by atoms with E-state index in [1.807, 2.05) is 23.4 Å². The fourth-order valence-corrected chi connectivity index (χ4v) is 11.3. The standard InChI is InChI=1S/C27H33NO2S/c1-14-2-8-19(9-3-14)31(29,30)28-12-20(26-22-15-4-5-16(10-15)23(22)26)21(13-28)27-24-17-6-7-18(11-17)25(24)27/h2-3,8-9,15-18,22-27H,4-7,10-13H2,1H3/t15-,16+,17-,18+,22+,23-,24+,25-,26?,27?. The van der Waals surface area contributed by atoms with Gasteiger partial charge < -0.3 is 0 Å². The number of fused-ring (bicyclic) bond motifs is 10. The predicted octanol–water partition coefficient (Wildman–Crippen LogP) is 4.88. The number of aryl methyl sites for hydroxylation is 1. The summed E-state index contributed by atoms with van der Waals surface area (Å²) in [7, 11) is -3.41. The molecule has 6 saturated carbocycles. The largest absolute Gasteiger partial charge is 0.243 e. The van der Waals surface area contributed by atoms with Crippen molar-refractivity contribution in [3.8, 4) is 0 Å². The highest BCUT2D eigenvalue weighted by atomic mass is 32.2. The van der Waals surface area contributed by atoms with E-state index in [1.54, 1.807) is 23.3 Å². The van der Waals surface area contributed by atoms with E-state index in [9.17, 15) is 8.42 Å². The van der Waals surface area contributed by atoms with E-state index in [4.69, 9.17) is 0 Å². The summed E-state index contributed by atoms with van der Waals surface area (Å²) in [6, 6.07) is 7.48. The van der Waals surface area contributed by atoms with Crippen LogP contribution in [0.25, 0.3) is 0 Å². The minimum Gasteiger partial charge on any atom is -0.207 e. The summed E-state index contributed by atoms with van der Waals surface area (Å²) in [5.74, 6) is 8.89. The maximum Gasteiger partial charge on any atom is 0.243 e. The molecule has 1 aromatic carbocycles. The SMILES string of the molecule is Cc1ccc(S(=O)(=O)N2CC(C3[C@@H]4[C@H]5CC[C@H](C5)[C@H]34)=C(C3[C@@H]4[C@H]5CC[C@H](C5)[C@H]34)C2)cc1. The molecule has 6 fully saturated rings. The first-order chi connectivity index (χ1) is 15.0. The zero-order chi connectivity index (χ0) is 20.6. The van der Waals surface area contributed by atoms with Crippen molar-refractivity contribution in [3.05, 3.63) is 41.0 Å². The fraction of sp³-hybridized carbons (Fsp3) is 0.704. The Morgan fingerprint density at radius 1 is 0.710 bits per heavy atom. The summed E-state index contributed by atoms with van der Waals surface area (Å²) in [5, 5.41) is 0. The van der Waals surface area contributed by atoms with Crippen LogP contribution in [0.3, 0.4) is 0 Å². The third-order valence-electron chi connectivity index (χ3n) is 11.0. The van der Waals surface area contributed by atoms with Crippen molar-refractivity contribution in [2.75, 3.05) is 13.1 Å². The van der Waals surface area contributed by atoms with Crippen molar-refractivity contribution >= 4 is 10.0 Å². The van der Waals surface area contributed by atoms with Crippen molar-refractivity contribution < 1.29 is 8.42 Å². The topological polar surface area (TPSA) is 37.4 Å². The Bertz CT molecular complexity index is 1020. The zero-order valence-electron chi connectivity index (χ0n) is 18.4. The Morgan fingerprint density at radius 2 is 1.13 bits per heavy atom. The molecule has 8 rings (SSSR count). The van der Waals surface area contributed by atoms with Crippen LogP contribution in [0.1, 0.15) is 44.1 Å². The Morgan fingerprint density at radius 3 is 1.55 bits per heavy atom. The van der Waals surface area contributed by atoms with Crippen LogP contribution in [0.4, 0.5) is 0 Å². The Labute approximate surface area is 186 Å². The van der Waals surface area contributed by atoms with E-state index in [0.717, 1.165) is 64.7 Å². The van der Waals surface area contributed by atoms with Crippen LogP contribution < -0.4 is 0 Å². The molecule has 4 bridgehead atoms.